The Kier molecular flexibility index (Phi) is 32.7. The molecular formula is C73H93N4O22PS4. The number of esters is 1. The van der Waals surface area contributed by atoms with Crippen LogP contribution in [0.1, 0.15) is 97.1 Å². The second-order valence-electron chi connectivity index (χ2n) is 24.8. The Morgan fingerprint density at radius 1 is 0.577 bits per heavy atom. The molecule has 0 saturated carbocycles. The van der Waals surface area contributed by atoms with Gasteiger partial charge in [0.15, 0.2) is 12.3 Å². The van der Waals surface area contributed by atoms with Crippen molar-refractivity contribution in [2.24, 2.45) is 0 Å². The van der Waals surface area contributed by atoms with Crippen molar-refractivity contribution < 1.29 is 104 Å². The molecular weight excluding hydrogens is 1440 g/mol. The van der Waals surface area contributed by atoms with E-state index in [1.54, 1.807) is 87.8 Å². The standard InChI is InChI=1S/C73H93N4O22PS4/c1-72(34-19-51-101(81,82)83)62-54-59(103(87,88)89)29-32-64(62)76(38-18-10-17-27-69(78)74-36-37-75-70(79)56-28-31-61(71(80)94-4)66(53-56)100(57-21-11-8-12-22-57)58-23-13-9-14-24-58)67(72)25-15-6-5-7-16-26-68-73(2,35-20-52-102(84,85)86)63-55-60(104(90,91)92)30-33-65(63)77(68)39-40-95-43-44-97-47-48-99-50-49-98-46-45-96-42-41-93-3/h5-9,11-16,21-26,28-33,53-55H,10,17-20,27,34-52H2,1-4H3,(H5-,74,75,78,79,81,82,83,84,85,86,87,88,89,90,91,92). The number of methoxy groups -OCH3 is 2. The van der Waals surface area contributed by atoms with Gasteiger partial charge in [-0.2, -0.15) is 29.8 Å². The summed E-state index contributed by atoms with van der Waals surface area (Å²) in [5, 5.41) is 8.30. The zero-order chi connectivity index (χ0) is 75.4. The largest absolute Gasteiger partial charge is 0.744 e. The topological polar surface area (TPSA) is 366 Å². The highest BCUT2D eigenvalue weighted by atomic mass is 32.2. The summed E-state index contributed by atoms with van der Waals surface area (Å²) in [7, 11) is -16.8. The molecule has 0 bridgehead atoms. The number of hydrogen-bond donors (Lipinski definition) is 5. The lowest BCUT2D eigenvalue weighted by Crippen LogP contribution is -2.35. The molecule has 26 nitrogen and oxygen atoms in total. The van der Waals surface area contributed by atoms with E-state index >= 15 is 0 Å². The molecule has 0 fully saturated rings. The molecule has 104 heavy (non-hydrogen) atoms. The summed E-state index contributed by atoms with van der Waals surface area (Å²) in [5.74, 6) is -2.38. The Balaban J connectivity index is 1.03. The Hall–Kier alpha value is -7.23. The van der Waals surface area contributed by atoms with E-state index in [2.05, 4.69) is 10.6 Å². The summed E-state index contributed by atoms with van der Waals surface area (Å²) in [6, 6.07) is 32.5. The van der Waals surface area contributed by atoms with E-state index in [1.807, 2.05) is 70.1 Å². The summed E-state index contributed by atoms with van der Waals surface area (Å²) >= 11 is 0. The summed E-state index contributed by atoms with van der Waals surface area (Å²) in [6.45, 7) is 8.33. The van der Waals surface area contributed by atoms with Crippen molar-refractivity contribution in [3.63, 3.8) is 0 Å². The number of amides is 2. The highest BCUT2D eigenvalue weighted by molar-refractivity contribution is 7.86. The summed E-state index contributed by atoms with van der Waals surface area (Å²) in [6.07, 6.45) is 13.9. The van der Waals surface area contributed by atoms with Gasteiger partial charge >= 0.3 is 5.97 Å². The monoisotopic (exact) mass is 1540 g/mol. The van der Waals surface area contributed by atoms with Gasteiger partial charge in [-0.3, -0.25) is 23.2 Å². The Labute approximate surface area is 611 Å². The van der Waals surface area contributed by atoms with Crippen LogP contribution in [-0.4, -0.2) is 205 Å². The molecule has 0 aliphatic carbocycles. The fraction of sp³-hybridized carbons (Fsp3) is 0.425. The van der Waals surface area contributed by atoms with E-state index in [1.165, 1.54) is 37.4 Å². The molecule has 31 heteroatoms. The molecule has 2 aliphatic heterocycles. The number of rotatable bonds is 46. The van der Waals surface area contributed by atoms with Crippen LogP contribution in [0.15, 0.2) is 173 Å². The van der Waals surface area contributed by atoms with Gasteiger partial charge < -0.3 is 53.2 Å². The van der Waals surface area contributed by atoms with E-state index in [0.29, 0.717) is 129 Å². The average molecular weight is 1540 g/mol. The molecule has 5 N–H and O–H groups in total. The number of carbonyl (C=O) groups is 3. The second-order valence-corrected chi connectivity index (χ2v) is 32.9. The zero-order valence-corrected chi connectivity index (χ0v) is 62.9. The van der Waals surface area contributed by atoms with Gasteiger partial charge in [0.05, 0.1) is 105 Å². The molecule has 2 atom stereocenters. The van der Waals surface area contributed by atoms with E-state index in [4.69, 9.17) is 33.2 Å². The molecule has 2 unspecified atom stereocenters. The molecule has 566 valence electrons. The van der Waals surface area contributed by atoms with Crippen LogP contribution in [0.3, 0.4) is 0 Å². The van der Waals surface area contributed by atoms with Crippen LogP contribution in [0.2, 0.25) is 0 Å². The second kappa shape index (κ2) is 40.5. The molecule has 0 spiro atoms. The van der Waals surface area contributed by atoms with Crippen LogP contribution < -0.4 is 31.4 Å². The van der Waals surface area contributed by atoms with Crippen LogP contribution in [0.5, 0.6) is 0 Å². The first kappa shape index (κ1) is 84.0. The van der Waals surface area contributed by atoms with Gasteiger partial charge in [-0.15, -0.1) is 0 Å². The number of anilines is 1. The van der Waals surface area contributed by atoms with Crippen molar-refractivity contribution in [3.05, 3.63) is 186 Å². The number of nitrogens with zero attached hydrogens (tertiary/aromatic N) is 2. The third kappa shape index (κ3) is 25.2. The maximum Gasteiger partial charge on any atom is 0.338 e. The summed E-state index contributed by atoms with van der Waals surface area (Å²) in [4.78, 5) is 41.0. The van der Waals surface area contributed by atoms with Gasteiger partial charge in [0.1, 0.15) is 16.7 Å². The third-order valence-electron chi connectivity index (χ3n) is 17.4. The predicted molar refractivity (Wildman–Crippen MR) is 396 cm³/mol. The SMILES string of the molecule is COCCOCCOCCOCCOCCOCC[N+]1=C(/C=C/C=C/C=C/C=C2/N(CCCCCC(=O)NCCNC(=O)c3ccc(C(=O)OC)c(P(c4ccccc4)c4ccccc4)c3)c3ccc(S(=O)(=O)[O-])cc3C2(C)CCCS(=O)(=O)O)C(C)(CCCS(=O)(=O)O)c2cc(S(=O)(=O)O)ccc21. The normalized spacial score (nSPS) is 16.7. The average Bonchev–Trinajstić information content (AvgIpc) is 1.58. The maximum absolute atomic E-state index is 13.6. The van der Waals surface area contributed by atoms with Gasteiger partial charge in [-0.05, 0) is 131 Å². The van der Waals surface area contributed by atoms with Crippen LogP contribution in [-0.2, 0) is 89.3 Å². The van der Waals surface area contributed by atoms with Crippen LogP contribution in [0.25, 0.3) is 0 Å². The van der Waals surface area contributed by atoms with Crippen LogP contribution in [0, 0.1) is 0 Å². The first-order valence-corrected chi connectivity index (χ1v) is 41.3. The first-order chi connectivity index (χ1) is 49.6. The highest BCUT2D eigenvalue weighted by Crippen LogP contribution is 2.52. The van der Waals surface area contributed by atoms with Crippen molar-refractivity contribution in [3.8, 4) is 0 Å². The van der Waals surface area contributed by atoms with Gasteiger partial charge in [0.2, 0.25) is 11.6 Å². The Morgan fingerprint density at radius 2 is 1.12 bits per heavy atom. The highest BCUT2D eigenvalue weighted by Gasteiger charge is 2.48. The van der Waals surface area contributed by atoms with Crippen molar-refractivity contribution in [1.82, 2.24) is 10.6 Å². The molecule has 2 amide bonds. The van der Waals surface area contributed by atoms with Crippen molar-refractivity contribution >= 4 is 99.2 Å². The number of benzene rings is 5. The molecule has 5 aromatic carbocycles. The lowest BCUT2D eigenvalue weighted by atomic mass is 9.76. The van der Waals surface area contributed by atoms with E-state index in [0.717, 1.165) is 10.6 Å². The Bertz CT molecular complexity index is 4310. The van der Waals surface area contributed by atoms with Crippen molar-refractivity contribution in [1.29, 1.82) is 0 Å². The molecule has 0 saturated heterocycles. The lowest BCUT2D eigenvalue weighted by molar-refractivity contribution is -0.442. The number of ether oxygens (including phenoxy) is 7. The molecule has 2 heterocycles. The molecule has 7 rings (SSSR count). The maximum atomic E-state index is 13.6. The third-order valence-corrected chi connectivity index (χ3v) is 23.2. The minimum absolute atomic E-state index is 0.0291. The minimum atomic E-state index is -4.96. The lowest BCUT2D eigenvalue weighted by Gasteiger charge is -2.30. The molecule has 0 aromatic heterocycles. The quantitative estimate of drug-likeness (QED) is 0.00639. The number of hydrogen-bond acceptors (Lipinski definition) is 20. The van der Waals surface area contributed by atoms with E-state index in [9.17, 15) is 66.3 Å². The summed E-state index contributed by atoms with van der Waals surface area (Å²) < 4.78 is 180. The van der Waals surface area contributed by atoms with E-state index < -0.39 is 87.5 Å². The zero-order valence-electron chi connectivity index (χ0n) is 58.8. The molecule has 5 aromatic rings. The van der Waals surface area contributed by atoms with Crippen LogP contribution in [0.4, 0.5) is 11.4 Å². The van der Waals surface area contributed by atoms with Crippen molar-refractivity contribution in [2.45, 2.75) is 85.8 Å². The summed E-state index contributed by atoms with van der Waals surface area (Å²) in [5.41, 5.74) is 1.74. The van der Waals surface area contributed by atoms with Gasteiger partial charge in [0.25, 0.3) is 36.3 Å². The smallest absolute Gasteiger partial charge is 0.338 e. The number of fused-ring (bicyclic) bond motifs is 2. The number of unbranched alkanes of at least 4 members (excludes halogenated alkanes) is 2. The van der Waals surface area contributed by atoms with Gasteiger partial charge in [-0.1, -0.05) is 97.5 Å². The number of nitrogens with one attached hydrogen (secondary N) is 2. The number of carbonyl (C=O) groups excluding carboxylic acids is 3. The minimum Gasteiger partial charge on any atom is -0.744 e. The number of allylic oxidation sites excluding steroid dienone is 8. The molecule has 2 aliphatic rings. The van der Waals surface area contributed by atoms with Gasteiger partial charge in [0, 0.05) is 78.5 Å². The van der Waals surface area contributed by atoms with Crippen LogP contribution >= 0.6 is 7.92 Å². The first-order valence-electron chi connectivity index (χ1n) is 33.9. The predicted octanol–water partition coefficient (Wildman–Crippen LogP) is 7.24. The fourth-order valence-corrected chi connectivity index (χ4v) is 16.9. The van der Waals surface area contributed by atoms with Gasteiger partial charge in [-0.25, -0.2) is 13.2 Å². The fourth-order valence-electron chi connectivity index (χ4n) is 12.4. The van der Waals surface area contributed by atoms with Crippen molar-refractivity contribution in [2.75, 3.05) is 129 Å². The molecule has 0 radical (unpaired) electrons. The Morgan fingerprint density at radius 3 is 1.68 bits per heavy atom. The van der Waals surface area contributed by atoms with E-state index in [-0.39, 0.29) is 82.4 Å².